The molecule has 0 aliphatic heterocycles. The zero-order valence-corrected chi connectivity index (χ0v) is 13.5. The zero-order valence-electron chi connectivity index (χ0n) is 13.5. The molecule has 0 aliphatic rings. The van der Waals surface area contributed by atoms with E-state index in [-0.39, 0.29) is 11.3 Å². The highest BCUT2D eigenvalue weighted by Crippen LogP contribution is 2.20. The summed E-state index contributed by atoms with van der Waals surface area (Å²) in [6, 6.07) is 5.92. The van der Waals surface area contributed by atoms with Crippen LogP contribution in [-0.4, -0.2) is 19.0 Å². The first kappa shape index (κ1) is 16.5. The third-order valence-electron chi connectivity index (χ3n) is 3.67. The van der Waals surface area contributed by atoms with Gasteiger partial charge in [-0.05, 0) is 42.9 Å². The molecule has 0 saturated heterocycles. The van der Waals surface area contributed by atoms with E-state index in [1.165, 1.54) is 0 Å². The van der Waals surface area contributed by atoms with Gasteiger partial charge in [0.25, 0.3) is 5.91 Å². The Balaban J connectivity index is 2.81. The van der Waals surface area contributed by atoms with E-state index in [0.717, 1.165) is 36.2 Å². The number of hydrogen-bond acceptors (Lipinski definition) is 2. The molecule has 0 spiro atoms. The third-order valence-corrected chi connectivity index (χ3v) is 3.67. The van der Waals surface area contributed by atoms with Crippen LogP contribution in [-0.2, 0) is 0 Å². The third kappa shape index (κ3) is 4.87. The SMILES string of the molecule is CCCNc1cc(C)ccc1C(=O)NCC(C)(C)CC. The van der Waals surface area contributed by atoms with Crippen LogP contribution in [0.1, 0.15) is 56.5 Å². The largest absolute Gasteiger partial charge is 0.384 e. The molecule has 0 unspecified atom stereocenters. The van der Waals surface area contributed by atoms with Crippen molar-refractivity contribution in [2.45, 2.75) is 47.5 Å². The lowest BCUT2D eigenvalue weighted by Gasteiger charge is -2.23. The number of carbonyl (C=O) groups is 1. The van der Waals surface area contributed by atoms with Crippen LogP contribution in [0.5, 0.6) is 0 Å². The minimum Gasteiger partial charge on any atom is -0.384 e. The van der Waals surface area contributed by atoms with E-state index in [4.69, 9.17) is 0 Å². The number of carbonyl (C=O) groups excluding carboxylic acids is 1. The summed E-state index contributed by atoms with van der Waals surface area (Å²) in [7, 11) is 0. The molecule has 1 aromatic rings. The number of nitrogens with one attached hydrogen (secondary N) is 2. The van der Waals surface area contributed by atoms with Crippen molar-refractivity contribution in [2.24, 2.45) is 5.41 Å². The van der Waals surface area contributed by atoms with Gasteiger partial charge in [-0.15, -0.1) is 0 Å². The summed E-state index contributed by atoms with van der Waals surface area (Å²) in [6.07, 6.45) is 2.08. The summed E-state index contributed by atoms with van der Waals surface area (Å²) < 4.78 is 0. The number of anilines is 1. The smallest absolute Gasteiger partial charge is 0.253 e. The first-order valence-electron chi connectivity index (χ1n) is 7.52. The highest BCUT2D eigenvalue weighted by molar-refractivity contribution is 5.99. The maximum atomic E-state index is 12.4. The van der Waals surface area contributed by atoms with Crippen molar-refractivity contribution in [3.8, 4) is 0 Å². The van der Waals surface area contributed by atoms with E-state index in [0.29, 0.717) is 6.54 Å². The van der Waals surface area contributed by atoms with Crippen molar-refractivity contribution < 1.29 is 4.79 Å². The van der Waals surface area contributed by atoms with Gasteiger partial charge in [-0.3, -0.25) is 4.79 Å². The highest BCUT2D eigenvalue weighted by atomic mass is 16.1. The summed E-state index contributed by atoms with van der Waals surface area (Å²) >= 11 is 0. The second kappa shape index (κ2) is 7.32. The normalized spacial score (nSPS) is 11.2. The van der Waals surface area contributed by atoms with Gasteiger partial charge in [0.1, 0.15) is 0 Å². The molecule has 0 radical (unpaired) electrons. The molecule has 1 aromatic carbocycles. The first-order valence-corrected chi connectivity index (χ1v) is 7.52. The Labute approximate surface area is 123 Å². The summed E-state index contributed by atoms with van der Waals surface area (Å²) in [5.41, 5.74) is 2.96. The second-order valence-electron chi connectivity index (χ2n) is 6.18. The molecule has 1 rings (SSSR count). The Kier molecular flexibility index (Phi) is 6.05. The average Bonchev–Trinajstić information content (AvgIpc) is 2.42. The van der Waals surface area contributed by atoms with Gasteiger partial charge in [-0.2, -0.15) is 0 Å². The molecule has 0 bridgehead atoms. The van der Waals surface area contributed by atoms with Crippen molar-refractivity contribution in [3.63, 3.8) is 0 Å². The second-order valence-corrected chi connectivity index (χ2v) is 6.18. The maximum absolute atomic E-state index is 12.4. The van der Waals surface area contributed by atoms with Gasteiger partial charge < -0.3 is 10.6 Å². The summed E-state index contributed by atoms with van der Waals surface area (Å²) in [6.45, 7) is 12.2. The molecular formula is C17H28N2O. The zero-order chi connectivity index (χ0) is 15.2. The van der Waals surface area contributed by atoms with Crippen molar-refractivity contribution in [1.82, 2.24) is 5.32 Å². The van der Waals surface area contributed by atoms with Gasteiger partial charge >= 0.3 is 0 Å². The quantitative estimate of drug-likeness (QED) is 0.791. The van der Waals surface area contributed by atoms with Gasteiger partial charge in [0, 0.05) is 18.8 Å². The van der Waals surface area contributed by atoms with E-state index in [1.807, 2.05) is 25.1 Å². The molecule has 0 aromatic heterocycles. The Morgan fingerprint density at radius 1 is 1.25 bits per heavy atom. The standard InChI is InChI=1S/C17H28N2O/c1-6-10-18-15-11-13(3)8-9-14(15)16(20)19-12-17(4,5)7-2/h8-9,11,18H,6-7,10,12H2,1-5H3,(H,19,20). The van der Waals surface area contributed by atoms with E-state index in [9.17, 15) is 4.79 Å². The lowest BCUT2D eigenvalue weighted by atomic mass is 9.90. The van der Waals surface area contributed by atoms with Gasteiger partial charge in [0.2, 0.25) is 0 Å². The van der Waals surface area contributed by atoms with Crippen molar-refractivity contribution in [1.29, 1.82) is 0 Å². The Morgan fingerprint density at radius 2 is 1.95 bits per heavy atom. The fourth-order valence-electron chi connectivity index (χ4n) is 1.80. The minimum absolute atomic E-state index is 0.00475. The highest BCUT2D eigenvalue weighted by Gasteiger charge is 2.18. The van der Waals surface area contributed by atoms with Crippen LogP contribution in [0.25, 0.3) is 0 Å². The molecule has 2 N–H and O–H groups in total. The molecule has 0 aliphatic carbocycles. The minimum atomic E-state index is 0.00475. The van der Waals surface area contributed by atoms with Crippen LogP contribution in [0.2, 0.25) is 0 Å². The molecule has 0 fully saturated rings. The predicted octanol–water partition coefficient (Wildman–Crippen LogP) is 3.98. The molecule has 3 nitrogen and oxygen atoms in total. The van der Waals surface area contributed by atoms with Crippen LogP contribution < -0.4 is 10.6 Å². The number of rotatable bonds is 7. The molecule has 112 valence electrons. The van der Waals surface area contributed by atoms with Crippen molar-refractivity contribution in [3.05, 3.63) is 29.3 Å². The number of aryl methyl sites for hydroxylation is 1. The summed E-state index contributed by atoms with van der Waals surface area (Å²) in [4.78, 5) is 12.4. The molecular weight excluding hydrogens is 248 g/mol. The predicted molar refractivity (Wildman–Crippen MR) is 86.4 cm³/mol. The molecule has 0 heterocycles. The van der Waals surface area contributed by atoms with Crippen molar-refractivity contribution in [2.75, 3.05) is 18.4 Å². The van der Waals surface area contributed by atoms with Gasteiger partial charge in [0.05, 0.1) is 5.56 Å². The molecule has 3 heteroatoms. The maximum Gasteiger partial charge on any atom is 0.253 e. The number of amides is 1. The van der Waals surface area contributed by atoms with Gasteiger partial charge in [-0.25, -0.2) is 0 Å². The van der Waals surface area contributed by atoms with Crippen LogP contribution >= 0.6 is 0 Å². The molecule has 20 heavy (non-hydrogen) atoms. The number of benzene rings is 1. The van der Waals surface area contributed by atoms with Crippen LogP contribution in [0, 0.1) is 12.3 Å². The van der Waals surface area contributed by atoms with Crippen molar-refractivity contribution >= 4 is 11.6 Å². The molecule has 0 saturated carbocycles. The number of hydrogen-bond donors (Lipinski definition) is 2. The van der Waals surface area contributed by atoms with Crippen LogP contribution in [0.3, 0.4) is 0 Å². The lowest BCUT2D eigenvalue weighted by molar-refractivity contribution is 0.0936. The van der Waals surface area contributed by atoms with Gasteiger partial charge in [-0.1, -0.05) is 33.8 Å². The van der Waals surface area contributed by atoms with E-state index in [1.54, 1.807) is 0 Å². The Bertz CT molecular complexity index is 452. The molecule has 1 amide bonds. The topological polar surface area (TPSA) is 41.1 Å². The molecule has 0 atom stereocenters. The fraction of sp³-hybridized carbons (Fsp3) is 0.588. The van der Waals surface area contributed by atoms with E-state index in [2.05, 4.69) is 38.3 Å². The van der Waals surface area contributed by atoms with Gasteiger partial charge in [0.15, 0.2) is 0 Å². The average molecular weight is 276 g/mol. The Hall–Kier alpha value is -1.51. The van der Waals surface area contributed by atoms with E-state index >= 15 is 0 Å². The van der Waals surface area contributed by atoms with E-state index < -0.39 is 0 Å². The lowest BCUT2D eigenvalue weighted by Crippen LogP contribution is -2.34. The summed E-state index contributed by atoms with van der Waals surface area (Å²) in [5, 5.41) is 6.38. The van der Waals surface area contributed by atoms with Crippen LogP contribution in [0.15, 0.2) is 18.2 Å². The monoisotopic (exact) mass is 276 g/mol. The summed E-state index contributed by atoms with van der Waals surface area (Å²) in [5.74, 6) is 0.00475. The first-order chi connectivity index (χ1) is 9.39. The Morgan fingerprint density at radius 3 is 2.55 bits per heavy atom. The van der Waals surface area contributed by atoms with Crippen LogP contribution in [0.4, 0.5) is 5.69 Å². The fourth-order valence-corrected chi connectivity index (χ4v) is 1.80.